The molecule has 1 aliphatic rings. The molecule has 0 amide bonds. The number of hydrogen-bond donors (Lipinski definition) is 0. The van der Waals surface area contributed by atoms with Crippen molar-refractivity contribution in [2.24, 2.45) is 5.92 Å². The van der Waals surface area contributed by atoms with Crippen molar-refractivity contribution < 1.29 is 13.6 Å². The van der Waals surface area contributed by atoms with Crippen LogP contribution >= 0.6 is 0 Å². The fraction of sp³-hybridized carbons (Fsp3) is 0.750. The van der Waals surface area contributed by atoms with E-state index in [1.54, 1.807) is 7.11 Å². The van der Waals surface area contributed by atoms with E-state index in [1.807, 2.05) is 0 Å². The summed E-state index contributed by atoms with van der Waals surface area (Å²) < 4.78 is 18.0. The summed E-state index contributed by atoms with van der Waals surface area (Å²) in [5.41, 5.74) is 1.12. The second-order valence-electron chi connectivity index (χ2n) is 7.64. The number of ether oxygens (including phenoxy) is 1. The number of hydrogen-bond acceptors (Lipinski definition) is 3. The lowest BCUT2D eigenvalue weighted by Gasteiger charge is -2.31. The molecule has 21 heavy (non-hydrogen) atoms. The van der Waals surface area contributed by atoms with E-state index in [4.69, 9.17) is 13.6 Å². The highest BCUT2D eigenvalue weighted by molar-refractivity contribution is 6.70. The van der Waals surface area contributed by atoms with Crippen LogP contribution in [0.15, 0.2) is 23.4 Å². The lowest BCUT2D eigenvalue weighted by Crippen LogP contribution is -2.29. The topological polar surface area (TPSA) is 27.7 Å². The van der Waals surface area contributed by atoms with Gasteiger partial charge < -0.3 is 13.6 Å². The molecule has 1 atom stereocenters. The molecule has 0 saturated heterocycles. The van der Waals surface area contributed by atoms with Crippen molar-refractivity contribution in [2.75, 3.05) is 7.11 Å². The Hall–Kier alpha value is -0.686. The molecule has 0 fully saturated rings. The van der Waals surface area contributed by atoms with Gasteiger partial charge in [-0.25, -0.2) is 0 Å². The van der Waals surface area contributed by atoms with Crippen LogP contribution in [0, 0.1) is 5.92 Å². The van der Waals surface area contributed by atoms with Gasteiger partial charge in [0.15, 0.2) is 0 Å². The highest BCUT2D eigenvalue weighted by Gasteiger charge is 2.29. The molecule has 122 valence electrons. The first kappa shape index (κ1) is 18.4. The molecule has 0 bridgehead atoms. The second kappa shape index (κ2) is 7.05. The van der Waals surface area contributed by atoms with Crippen LogP contribution in [0.25, 0.3) is 0 Å². The largest absolute Gasteiger partial charge is 0.544 e. The van der Waals surface area contributed by atoms with Gasteiger partial charge in [-0.3, -0.25) is 0 Å². The molecule has 3 nitrogen and oxygen atoms in total. The van der Waals surface area contributed by atoms with E-state index in [-0.39, 0.29) is 0 Å². The molecule has 0 saturated carbocycles. The molecule has 0 aromatic rings. The summed E-state index contributed by atoms with van der Waals surface area (Å²) >= 11 is 0. The van der Waals surface area contributed by atoms with Crippen LogP contribution < -0.4 is 0 Å². The predicted octanol–water partition coefficient (Wildman–Crippen LogP) is 5.25. The van der Waals surface area contributed by atoms with Gasteiger partial charge in [0.25, 0.3) is 5.95 Å². The normalized spacial score (nSPS) is 22.5. The smallest absolute Gasteiger partial charge is 0.272 e. The highest BCUT2D eigenvalue weighted by Crippen LogP contribution is 2.35. The van der Waals surface area contributed by atoms with E-state index in [2.05, 4.69) is 52.3 Å². The molecule has 0 aromatic heterocycles. The van der Waals surface area contributed by atoms with Gasteiger partial charge in [-0.1, -0.05) is 6.92 Å². The molecular formula is C16H32O3Si2. The first-order valence-electron chi connectivity index (χ1n) is 7.93. The van der Waals surface area contributed by atoms with Crippen LogP contribution in [-0.2, 0) is 13.6 Å². The minimum absolute atomic E-state index is 0.602. The summed E-state index contributed by atoms with van der Waals surface area (Å²) in [4.78, 5) is 0. The molecule has 1 rings (SSSR count). The maximum atomic E-state index is 6.32. The van der Waals surface area contributed by atoms with Gasteiger partial charge in [0.2, 0.25) is 16.6 Å². The molecule has 5 heteroatoms. The lowest BCUT2D eigenvalue weighted by molar-refractivity contribution is 0.138. The van der Waals surface area contributed by atoms with Crippen LogP contribution in [0.4, 0.5) is 0 Å². The molecule has 0 aromatic carbocycles. The minimum Gasteiger partial charge on any atom is -0.544 e. The third-order valence-electron chi connectivity index (χ3n) is 3.22. The van der Waals surface area contributed by atoms with E-state index in [9.17, 15) is 0 Å². The fourth-order valence-corrected chi connectivity index (χ4v) is 3.92. The van der Waals surface area contributed by atoms with Gasteiger partial charge in [0.1, 0.15) is 5.76 Å². The van der Waals surface area contributed by atoms with E-state index in [1.165, 1.54) is 0 Å². The van der Waals surface area contributed by atoms with Crippen molar-refractivity contribution in [3.05, 3.63) is 23.4 Å². The van der Waals surface area contributed by atoms with Gasteiger partial charge in [-0.2, -0.15) is 0 Å². The Bertz CT molecular complexity index is 414. The van der Waals surface area contributed by atoms with Gasteiger partial charge in [0, 0.05) is 0 Å². The standard InChI is InChI=1S/C16H32O3Si2/c1-9-13-10-11-14(15(12-13)18-20(3,4)5)16(17-2)19-21(6,7)8/h12-13H,9-11H2,1-8H3/b16-14-. The number of rotatable bonds is 6. The Morgan fingerprint density at radius 3 is 2.19 bits per heavy atom. The summed E-state index contributed by atoms with van der Waals surface area (Å²) in [6, 6.07) is 0. The van der Waals surface area contributed by atoms with Crippen molar-refractivity contribution in [1.82, 2.24) is 0 Å². The van der Waals surface area contributed by atoms with Crippen LogP contribution in [0.1, 0.15) is 26.2 Å². The average Bonchev–Trinajstić information content (AvgIpc) is 2.33. The van der Waals surface area contributed by atoms with Gasteiger partial charge >= 0.3 is 0 Å². The average molecular weight is 329 g/mol. The molecule has 0 radical (unpaired) electrons. The van der Waals surface area contributed by atoms with E-state index in [0.29, 0.717) is 11.9 Å². The Labute approximate surface area is 132 Å². The zero-order valence-electron chi connectivity index (χ0n) is 15.0. The quantitative estimate of drug-likeness (QED) is 0.492. The zero-order chi connectivity index (χ0) is 16.3. The molecule has 0 N–H and O–H groups in total. The summed E-state index contributed by atoms with van der Waals surface area (Å²) in [7, 11) is -1.65. The van der Waals surface area contributed by atoms with Crippen LogP contribution in [0.5, 0.6) is 0 Å². The Kier molecular flexibility index (Phi) is 6.16. The van der Waals surface area contributed by atoms with Crippen molar-refractivity contribution in [1.29, 1.82) is 0 Å². The summed E-state index contributed by atoms with van der Waals surface area (Å²) in [6.45, 7) is 15.4. The van der Waals surface area contributed by atoms with Crippen molar-refractivity contribution >= 4 is 16.6 Å². The molecular weight excluding hydrogens is 296 g/mol. The van der Waals surface area contributed by atoms with Gasteiger partial charge in [-0.15, -0.1) is 0 Å². The SMILES string of the molecule is CCC1C=C(O[Si](C)(C)C)/C(=C(/OC)O[Si](C)(C)C)CC1. The first-order valence-corrected chi connectivity index (χ1v) is 14.7. The maximum Gasteiger partial charge on any atom is 0.272 e. The third kappa shape index (κ3) is 6.30. The molecule has 0 aliphatic heterocycles. The summed E-state index contributed by atoms with van der Waals surface area (Å²) in [6.07, 6.45) is 5.56. The fourth-order valence-electron chi connectivity index (χ4n) is 2.31. The lowest BCUT2D eigenvalue weighted by atomic mass is 9.90. The third-order valence-corrected chi connectivity index (χ3v) is 4.85. The van der Waals surface area contributed by atoms with Gasteiger partial charge in [0.05, 0.1) is 12.7 Å². The Balaban J connectivity index is 3.16. The second-order valence-corrected chi connectivity index (χ2v) is 16.5. The van der Waals surface area contributed by atoms with Gasteiger partial charge in [-0.05, 0) is 70.5 Å². The highest BCUT2D eigenvalue weighted by atomic mass is 28.4. The van der Waals surface area contributed by atoms with Crippen LogP contribution in [-0.4, -0.2) is 23.7 Å². The van der Waals surface area contributed by atoms with Crippen molar-refractivity contribution in [3.63, 3.8) is 0 Å². The molecule has 1 unspecified atom stereocenters. The molecule has 1 aliphatic carbocycles. The van der Waals surface area contributed by atoms with Crippen LogP contribution in [0.2, 0.25) is 39.3 Å². The molecule has 0 spiro atoms. The van der Waals surface area contributed by atoms with E-state index in [0.717, 1.165) is 30.6 Å². The zero-order valence-corrected chi connectivity index (χ0v) is 17.0. The van der Waals surface area contributed by atoms with E-state index < -0.39 is 16.6 Å². The number of methoxy groups -OCH3 is 1. The summed E-state index contributed by atoms with van der Waals surface area (Å²) in [5, 5.41) is 0. The first-order chi connectivity index (χ1) is 9.55. The summed E-state index contributed by atoms with van der Waals surface area (Å²) in [5.74, 6) is 2.28. The van der Waals surface area contributed by atoms with Crippen molar-refractivity contribution in [2.45, 2.75) is 65.5 Å². The van der Waals surface area contributed by atoms with Crippen LogP contribution in [0.3, 0.4) is 0 Å². The Morgan fingerprint density at radius 1 is 1.14 bits per heavy atom. The Morgan fingerprint density at radius 2 is 1.76 bits per heavy atom. The van der Waals surface area contributed by atoms with E-state index >= 15 is 0 Å². The monoisotopic (exact) mass is 328 g/mol. The number of allylic oxidation sites excluding steroid dienone is 2. The maximum absolute atomic E-state index is 6.32. The van der Waals surface area contributed by atoms with Crippen molar-refractivity contribution in [3.8, 4) is 0 Å². The molecule has 0 heterocycles. The predicted molar refractivity (Wildman–Crippen MR) is 94.0 cm³/mol. The minimum atomic E-state index is -1.69.